The van der Waals surface area contributed by atoms with Crippen molar-refractivity contribution in [1.82, 2.24) is 0 Å². The van der Waals surface area contributed by atoms with E-state index >= 15 is 0 Å². The first-order chi connectivity index (χ1) is 25.4. The summed E-state index contributed by atoms with van der Waals surface area (Å²) in [5, 5.41) is 0. The molecule has 0 saturated carbocycles. The fraction of sp³-hybridized carbons (Fsp3) is 0.0732. The SMILES string of the molecule is NC(=O)N(c1ccc(Cc2ccc(N(C(N)=O)S(=O)(=O)c3ccc(Cc4ccccc4)cc3)cc2)cc1)S(=O)(=O)c1ccc(Cc2ccccc2)cc1. The maximum absolute atomic E-state index is 13.5. The number of carbonyl (C=O) groups is 2. The number of nitrogens with two attached hydrogens (primary N) is 2. The van der Waals surface area contributed by atoms with Gasteiger partial charge < -0.3 is 11.5 Å². The fourth-order valence-electron chi connectivity index (χ4n) is 5.94. The number of carbonyl (C=O) groups excluding carboxylic acids is 2. The van der Waals surface area contributed by atoms with E-state index in [4.69, 9.17) is 11.5 Å². The Labute approximate surface area is 309 Å². The predicted octanol–water partition coefficient (Wildman–Crippen LogP) is 7.01. The van der Waals surface area contributed by atoms with E-state index in [0.717, 1.165) is 33.4 Å². The van der Waals surface area contributed by atoms with Crippen LogP contribution in [-0.4, -0.2) is 28.9 Å². The monoisotopic (exact) mass is 744 g/mol. The van der Waals surface area contributed by atoms with Crippen LogP contribution < -0.4 is 20.1 Å². The van der Waals surface area contributed by atoms with Crippen LogP contribution in [0.25, 0.3) is 0 Å². The molecule has 0 unspecified atom stereocenters. The van der Waals surface area contributed by atoms with Crippen molar-refractivity contribution in [2.75, 3.05) is 8.61 Å². The van der Waals surface area contributed by atoms with E-state index < -0.39 is 32.1 Å². The van der Waals surface area contributed by atoms with Crippen LogP contribution in [0.1, 0.15) is 33.4 Å². The van der Waals surface area contributed by atoms with Crippen molar-refractivity contribution in [3.8, 4) is 0 Å². The standard InChI is InChI=1S/C41H36N4O6S2/c42-40(46)44(52(48,49)38-23-15-34(16-24-38)27-30-7-3-1-4-8-30)36-19-11-32(12-20-36)29-33-13-21-37(22-14-33)45(41(43)47)53(50,51)39-25-17-35(18-26-39)28-31-9-5-2-6-10-31/h1-26H,27-29H2,(H2,42,46)(H2,43,47). The predicted molar refractivity (Wildman–Crippen MR) is 206 cm³/mol. The summed E-state index contributed by atoms with van der Waals surface area (Å²) in [7, 11) is -8.63. The third kappa shape index (κ3) is 8.46. The molecular formula is C41H36N4O6S2. The van der Waals surface area contributed by atoms with E-state index in [1.54, 1.807) is 48.5 Å². The summed E-state index contributed by atoms with van der Waals surface area (Å²) in [5.74, 6) is 0. The Morgan fingerprint density at radius 2 is 0.623 bits per heavy atom. The van der Waals surface area contributed by atoms with Crippen LogP contribution in [0.15, 0.2) is 168 Å². The topological polar surface area (TPSA) is 161 Å². The van der Waals surface area contributed by atoms with Crippen LogP contribution in [0.4, 0.5) is 21.0 Å². The molecule has 0 heterocycles. The van der Waals surface area contributed by atoms with Gasteiger partial charge in [0.25, 0.3) is 20.0 Å². The van der Waals surface area contributed by atoms with Crippen LogP contribution in [-0.2, 0) is 39.3 Å². The molecule has 12 heteroatoms. The summed E-state index contributed by atoms with van der Waals surface area (Å²) in [5.41, 5.74) is 16.8. The van der Waals surface area contributed by atoms with Gasteiger partial charge in [-0.3, -0.25) is 0 Å². The third-order valence-electron chi connectivity index (χ3n) is 8.58. The Balaban J connectivity index is 1.14. The lowest BCUT2D eigenvalue weighted by molar-refractivity contribution is 0.256. The zero-order chi connectivity index (χ0) is 37.6. The maximum atomic E-state index is 13.5. The number of hydrogen-bond donors (Lipinski definition) is 2. The lowest BCUT2D eigenvalue weighted by atomic mass is 10.0. The van der Waals surface area contributed by atoms with Gasteiger partial charge in [0.2, 0.25) is 0 Å². The number of primary amides is 2. The summed E-state index contributed by atoms with van der Waals surface area (Å²) in [6.45, 7) is 0. The Kier molecular flexibility index (Phi) is 10.7. The van der Waals surface area contributed by atoms with E-state index in [1.165, 1.54) is 48.5 Å². The molecule has 0 bridgehead atoms. The fourth-order valence-corrected chi connectivity index (χ4v) is 8.59. The van der Waals surface area contributed by atoms with Gasteiger partial charge in [0.1, 0.15) is 0 Å². The van der Waals surface area contributed by atoms with Crippen LogP contribution >= 0.6 is 0 Å². The van der Waals surface area contributed by atoms with Crippen LogP contribution in [0.3, 0.4) is 0 Å². The highest BCUT2D eigenvalue weighted by atomic mass is 32.2. The second-order valence-corrected chi connectivity index (χ2v) is 15.9. The van der Waals surface area contributed by atoms with E-state index in [0.29, 0.717) is 27.9 Å². The van der Waals surface area contributed by atoms with Gasteiger partial charge in [0, 0.05) is 0 Å². The lowest BCUT2D eigenvalue weighted by Gasteiger charge is -2.21. The van der Waals surface area contributed by atoms with Crippen molar-refractivity contribution in [1.29, 1.82) is 0 Å². The van der Waals surface area contributed by atoms with Gasteiger partial charge in [0.05, 0.1) is 21.2 Å². The van der Waals surface area contributed by atoms with Crippen LogP contribution in [0, 0.1) is 0 Å². The minimum absolute atomic E-state index is 0.0698. The first-order valence-corrected chi connectivity index (χ1v) is 19.4. The molecule has 4 amide bonds. The average molecular weight is 745 g/mol. The molecule has 268 valence electrons. The summed E-state index contributed by atoms with van der Waals surface area (Å²) in [4.78, 5) is 24.8. The van der Waals surface area contributed by atoms with Gasteiger partial charge in [0.15, 0.2) is 0 Å². The Hall–Kier alpha value is -6.24. The average Bonchev–Trinajstić information content (AvgIpc) is 3.14. The normalized spacial score (nSPS) is 11.5. The first kappa shape index (κ1) is 36.5. The van der Waals surface area contributed by atoms with Gasteiger partial charge in [-0.2, -0.15) is 8.61 Å². The zero-order valence-corrected chi connectivity index (χ0v) is 30.1. The zero-order valence-electron chi connectivity index (χ0n) is 28.4. The van der Waals surface area contributed by atoms with E-state index in [2.05, 4.69) is 0 Å². The van der Waals surface area contributed by atoms with Crippen molar-refractivity contribution in [2.24, 2.45) is 11.5 Å². The smallest absolute Gasteiger partial charge is 0.333 e. The molecule has 0 fully saturated rings. The Morgan fingerprint density at radius 1 is 0.377 bits per heavy atom. The maximum Gasteiger partial charge on any atom is 0.333 e. The van der Waals surface area contributed by atoms with Gasteiger partial charge in [-0.25, -0.2) is 26.4 Å². The summed E-state index contributed by atoms with van der Waals surface area (Å²) in [6.07, 6.45) is 1.62. The highest BCUT2D eigenvalue weighted by Crippen LogP contribution is 2.28. The van der Waals surface area contributed by atoms with Gasteiger partial charge >= 0.3 is 12.1 Å². The number of benzene rings is 6. The van der Waals surface area contributed by atoms with Crippen molar-refractivity contribution < 1.29 is 26.4 Å². The molecule has 0 spiro atoms. The highest BCUT2D eigenvalue weighted by Gasteiger charge is 2.31. The molecule has 0 atom stereocenters. The number of hydrogen-bond acceptors (Lipinski definition) is 6. The molecule has 0 aliphatic carbocycles. The van der Waals surface area contributed by atoms with Crippen molar-refractivity contribution in [2.45, 2.75) is 29.1 Å². The van der Waals surface area contributed by atoms with Gasteiger partial charge in [-0.05, 0) is 101 Å². The Bertz CT molecular complexity index is 2250. The largest absolute Gasteiger partial charge is 0.350 e. The number of urea groups is 2. The van der Waals surface area contributed by atoms with E-state index in [9.17, 15) is 26.4 Å². The van der Waals surface area contributed by atoms with Crippen molar-refractivity contribution in [3.63, 3.8) is 0 Å². The van der Waals surface area contributed by atoms with E-state index in [-0.39, 0.29) is 21.2 Å². The second-order valence-electron chi connectivity index (χ2n) is 12.3. The lowest BCUT2D eigenvalue weighted by Crippen LogP contribution is -2.40. The van der Waals surface area contributed by atoms with E-state index in [1.807, 2.05) is 60.7 Å². The molecule has 0 radical (unpaired) electrons. The molecule has 10 nitrogen and oxygen atoms in total. The quantitative estimate of drug-likeness (QED) is 0.137. The second kappa shape index (κ2) is 15.6. The summed E-state index contributed by atoms with van der Waals surface area (Å²) < 4.78 is 55.3. The summed E-state index contributed by atoms with van der Waals surface area (Å²) >= 11 is 0. The molecular weight excluding hydrogens is 709 g/mol. The molecule has 0 aliphatic heterocycles. The number of sulfonamides is 2. The molecule has 4 N–H and O–H groups in total. The molecule has 0 aliphatic rings. The highest BCUT2D eigenvalue weighted by molar-refractivity contribution is 7.94. The molecule has 0 aromatic heterocycles. The van der Waals surface area contributed by atoms with Crippen molar-refractivity contribution in [3.05, 3.63) is 191 Å². The van der Waals surface area contributed by atoms with Crippen LogP contribution in [0.2, 0.25) is 0 Å². The number of rotatable bonds is 12. The summed E-state index contributed by atoms with van der Waals surface area (Å²) in [6, 6.07) is 42.5. The van der Waals surface area contributed by atoms with Gasteiger partial charge in [-0.15, -0.1) is 0 Å². The number of anilines is 2. The minimum Gasteiger partial charge on any atom is -0.350 e. The van der Waals surface area contributed by atoms with Crippen molar-refractivity contribution >= 4 is 43.5 Å². The minimum atomic E-state index is -4.31. The Morgan fingerprint density at radius 3 is 0.887 bits per heavy atom. The first-order valence-electron chi connectivity index (χ1n) is 16.5. The third-order valence-corrected chi connectivity index (χ3v) is 12.1. The molecule has 53 heavy (non-hydrogen) atoms. The number of nitrogens with zero attached hydrogens (tertiary/aromatic N) is 2. The van der Waals surface area contributed by atoms with Gasteiger partial charge in [-0.1, -0.05) is 109 Å². The van der Waals surface area contributed by atoms with Crippen LogP contribution in [0.5, 0.6) is 0 Å². The molecule has 0 saturated heterocycles. The molecule has 6 rings (SSSR count). The molecule has 6 aromatic carbocycles. The number of amides is 4. The molecule has 6 aromatic rings.